The van der Waals surface area contributed by atoms with Crippen LogP contribution in [0.15, 0.2) is 35.7 Å². The molecule has 2 aromatic rings. The summed E-state index contributed by atoms with van der Waals surface area (Å²) in [6.07, 6.45) is 0. The number of ether oxygens (including phenoxy) is 3. The third-order valence-electron chi connectivity index (χ3n) is 3.97. The van der Waals surface area contributed by atoms with Crippen LogP contribution in [-0.4, -0.2) is 47.8 Å². The Morgan fingerprint density at radius 3 is 2.11 bits per heavy atom. The Labute approximate surface area is 160 Å². The van der Waals surface area contributed by atoms with Crippen LogP contribution in [0.1, 0.15) is 31.0 Å². The van der Waals surface area contributed by atoms with E-state index in [0.29, 0.717) is 0 Å². The summed E-state index contributed by atoms with van der Waals surface area (Å²) in [6, 6.07) is 8.14. The second-order valence-electron chi connectivity index (χ2n) is 5.40. The quantitative estimate of drug-likeness (QED) is 0.381. The predicted octanol–water partition coefficient (Wildman–Crippen LogP) is 1.86. The van der Waals surface area contributed by atoms with Crippen molar-refractivity contribution < 1.29 is 28.6 Å². The summed E-state index contributed by atoms with van der Waals surface area (Å²) in [5.41, 5.74) is -1.75. The number of hydrogen-bond acceptors (Lipinski definition) is 9. The molecule has 0 saturated carbocycles. The van der Waals surface area contributed by atoms with E-state index in [0.717, 1.165) is 11.5 Å². The lowest BCUT2D eigenvalue weighted by Gasteiger charge is -2.34. The highest BCUT2D eigenvalue weighted by atomic mass is 32.1. The number of hydrogen-bond donors (Lipinski definition) is 0. The van der Waals surface area contributed by atoms with Crippen molar-refractivity contribution in [2.24, 2.45) is 0 Å². The molecule has 1 unspecified atom stereocenters. The topological polar surface area (TPSA) is 105 Å². The molecule has 0 aliphatic rings. The smallest absolute Gasteiger partial charge is 0.329 e. The summed E-state index contributed by atoms with van der Waals surface area (Å²) in [6.45, 7) is 3.23. The number of rotatable bonds is 8. The molecule has 1 heterocycles. The molecule has 0 radical (unpaired) electrons. The van der Waals surface area contributed by atoms with E-state index in [4.69, 9.17) is 14.2 Å². The van der Waals surface area contributed by atoms with Gasteiger partial charge in [-0.15, -0.1) is 5.10 Å². The van der Waals surface area contributed by atoms with Crippen molar-refractivity contribution in [2.45, 2.75) is 25.2 Å². The fraction of sp³-hybridized carbons (Fsp3) is 0.389. The molecule has 144 valence electrons. The minimum absolute atomic E-state index is 0.00995. The molecular formula is C18H20N2O6S. The summed E-state index contributed by atoms with van der Waals surface area (Å²) in [4.78, 5) is 39.1. The standard InChI is InChI=1S/C18H20N2O6S/c1-4-25-16(22)18(17(23)26-5-2,12-9-7-6-8-10-12)14(15(21)24-3)13-11-27-20-19-13/h6-11,14H,4-5H2,1-3H3. The van der Waals surface area contributed by atoms with Crippen LogP contribution in [0, 0.1) is 0 Å². The van der Waals surface area contributed by atoms with Gasteiger partial charge < -0.3 is 14.2 Å². The van der Waals surface area contributed by atoms with Crippen LogP contribution >= 0.6 is 11.5 Å². The Bertz CT molecular complexity index is 760. The second-order valence-corrected chi connectivity index (χ2v) is 6.01. The molecule has 1 atom stereocenters. The van der Waals surface area contributed by atoms with Crippen molar-refractivity contribution in [3.05, 3.63) is 47.0 Å². The van der Waals surface area contributed by atoms with Gasteiger partial charge in [-0.05, 0) is 30.9 Å². The molecule has 0 aliphatic carbocycles. The van der Waals surface area contributed by atoms with Crippen molar-refractivity contribution in [1.82, 2.24) is 9.59 Å². The van der Waals surface area contributed by atoms with Gasteiger partial charge in [0.05, 0.1) is 26.0 Å². The van der Waals surface area contributed by atoms with Crippen molar-refractivity contribution in [3.63, 3.8) is 0 Å². The molecule has 0 saturated heterocycles. The highest BCUT2D eigenvalue weighted by Gasteiger charge is 2.61. The van der Waals surface area contributed by atoms with Crippen molar-refractivity contribution in [1.29, 1.82) is 0 Å². The van der Waals surface area contributed by atoms with E-state index in [1.54, 1.807) is 44.2 Å². The highest BCUT2D eigenvalue weighted by molar-refractivity contribution is 7.03. The van der Waals surface area contributed by atoms with Gasteiger partial charge in [-0.25, -0.2) is 0 Å². The molecule has 0 N–H and O–H groups in total. The largest absolute Gasteiger partial charge is 0.468 e. The molecule has 2 rings (SSSR count). The van der Waals surface area contributed by atoms with Gasteiger partial charge in [0, 0.05) is 5.38 Å². The monoisotopic (exact) mass is 392 g/mol. The molecule has 0 spiro atoms. The Kier molecular flexibility index (Phi) is 7.00. The third kappa shape index (κ3) is 3.82. The minimum atomic E-state index is -2.11. The fourth-order valence-electron chi connectivity index (χ4n) is 2.85. The van der Waals surface area contributed by atoms with E-state index in [2.05, 4.69) is 9.59 Å². The number of nitrogens with zero attached hydrogens (tertiary/aromatic N) is 2. The SMILES string of the molecule is CCOC(=O)C(C(=O)OCC)(c1ccccc1)C(C(=O)OC)c1csnn1. The zero-order valence-electron chi connectivity index (χ0n) is 15.2. The van der Waals surface area contributed by atoms with Gasteiger partial charge in [0.15, 0.2) is 0 Å². The number of esters is 3. The normalized spacial score (nSPS) is 12.1. The van der Waals surface area contributed by atoms with Gasteiger partial charge in [0.1, 0.15) is 5.92 Å². The number of methoxy groups -OCH3 is 1. The molecule has 1 aromatic heterocycles. The molecule has 0 amide bonds. The lowest BCUT2D eigenvalue weighted by Crippen LogP contribution is -2.53. The van der Waals surface area contributed by atoms with Gasteiger partial charge >= 0.3 is 17.9 Å². The van der Waals surface area contributed by atoms with Crippen LogP contribution in [0.4, 0.5) is 0 Å². The third-order valence-corrected chi connectivity index (χ3v) is 4.49. The molecule has 9 heteroatoms. The molecule has 0 fully saturated rings. The molecule has 8 nitrogen and oxygen atoms in total. The van der Waals surface area contributed by atoms with Crippen molar-refractivity contribution in [3.8, 4) is 0 Å². The van der Waals surface area contributed by atoms with Crippen molar-refractivity contribution in [2.75, 3.05) is 20.3 Å². The fourth-order valence-corrected chi connectivity index (χ4v) is 3.33. The van der Waals surface area contributed by atoms with Gasteiger partial charge in [-0.2, -0.15) is 0 Å². The van der Waals surface area contributed by atoms with E-state index in [1.807, 2.05) is 0 Å². The maximum Gasteiger partial charge on any atom is 0.329 e. The van der Waals surface area contributed by atoms with Crippen LogP contribution in [0.2, 0.25) is 0 Å². The first-order valence-corrected chi connectivity index (χ1v) is 9.12. The van der Waals surface area contributed by atoms with Crippen LogP contribution in [-0.2, 0) is 34.0 Å². The van der Waals surface area contributed by atoms with Crippen LogP contribution in [0.25, 0.3) is 0 Å². The number of aromatic nitrogens is 2. The summed E-state index contributed by atoms with van der Waals surface area (Å²) in [7, 11) is 1.17. The van der Waals surface area contributed by atoms with Crippen LogP contribution in [0.5, 0.6) is 0 Å². The zero-order chi connectivity index (χ0) is 19.9. The number of carbonyl (C=O) groups is 3. The van der Waals surface area contributed by atoms with E-state index >= 15 is 0 Å². The molecule has 1 aromatic carbocycles. The predicted molar refractivity (Wildman–Crippen MR) is 96.1 cm³/mol. The Morgan fingerprint density at radius 2 is 1.67 bits per heavy atom. The first-order chi connectivity index (χ1) is 13.0. The van der Waals surface area contributed by atoms with E-state index < -0.39 is 29.2 Å². The molecule has 0 bridgehead atoms. The van der Waals surface area contributed by atoms with Gasteiger partial charge in [-0.3, -0.25) is 14.4 Å². The van der Waals surface area contributed by atoms with E-state index in [-0.39, 0.29) is 24.5 Å². The maximum absolute atomic E-state index is 13.2. The lowest BCUT2D eigenvalue weighted by molar-refractivity contribution is -0.171. The van der Waals surface area contributed by atoms with Crippen LogP contribution in [0.3, 0.4) is 0 Å². The summed E-state index contributed by atoms with van der Waals surface area (Å²) >= 11 is 0.984. The molecular weight excluding hydrogens is 372 g/mol. The minimum Gasteiger partial charge on any atom is -0.468 e. The lowest BCUT2D eigenvalue weighted by atomic mass is 9.68. The van der Waals surface area contributed by atoms with Crippen LogP contribution < -0.4 is 0 Å². The summed E-state index contributed by atoms with van der Waals surface area (Å²) in [5, 5.41) is 5.40. The Balaban J connectivity index is 2.84. The van der Waals surface area contributed by atoms with Gasteiger partial charge in [0.25, 0.3) is 0 Å². The summed E-state index contributed by atoms with van der Waals surface area (Å²) in [5.74, 6) is -4.08. The Morgan fingerprint density at radius 1 is 1.07 bits per heavy atom. The Hall–Kier alpha value is -2.81. The van der Waals surface area contributed by atoms with Gasteiger partial charge in [-0.1, -0.05) is 34.8 Å². The van der Waals surface area contributed by atoms with Crippen molar-refractivity contribution >= 4 is 29.4 Å². The summed E-state index contributed by atoms with van der Waals surface area (Å²) < 4.78 is 19.1. The number of benzene rings is 1. The highest BCUT2D eigenvalue weighted by Crippen LogP contribution is 2.42. The maximum atomic E-state index is 13.2. The van der Waals surface area contributed by atoms with Gasteiger partial charge in [0.2, 0.25) is 5.41 Å². The van der Waals surface area contributed by atoms with E-state index in [9.17, 15) is 14.4 Å². The first-order valence-electron chi connectivity index (χ1n) is 8.28. The molecule has 0 aliphatic heterocycles. The zero-order valence-corrected chi connectivity index (χ0v) is 16.0. The average Bonchev–Trinajstić information content (AvgIpc) is 3.20. The first kappa shape index (κ1) is 20.5. The average molecular weight is 392 g/mol. The van der Waals surface area contributed by atoms with E-state index in [1.165, 1.54) is 12.5 Å². The molecule has 27 heavy (non-hydrogen) atoms. The number of carbonyl (C=O) groups excluding carboxylic acids is 3. The second kappa shape index (κ2) is 9.22.